The van der Waals surface area contributed by atoms with Gasteiger partial charge in [-0.15, -0.1) is 9.24 Å². The highest BCUT2D eigenvalue weighted by molar-refractivity contribution is 7.16. The minimum Gasteiger partial charge on any atom is -0.431 e. The van der Waals surface area contributed by atoms with E-state index in [-0.39, 0.29) is 22.6 Å². The number of alkyl halides is 5. The molecule has 0 aromatic carbocycles. The summed E-state index contributed by atoms with van der Waals surface area (Å²) in [5.74, 6) is -3.55. The van der Waals surface area contributed by atoms with Crippen LogP contribution in [0.4, 0.5) is 32.6 Å². The molecule has 1 N–H and O–H groups in total. The second-order valence-electron chi connectivity index (χ2n) is 8.74. The number of amides is 1. The first-order valence-corrected chi connectivity index (χ1v) is 12.4. The van der Waals surface area contributed by atoms with E-state index in [1.165, 1.54) is 25.3 Å². The normalized spacial score (nSPS) is 16.5. The number of hydrogen-bond acceptors (Lipinski definition) is 4. The molecule has 3 rings (SSSR count). The number of nitrogens with one attached hydrogen (secondary N) is 1. The standard InChI is InChI=1S/C24H29F5N3O2P/c1-4-8-22(13-35,9-5-2)17-12-14(23(25,26)6-3)11-16(31-17)15-7-10-30-20-18(15)19(24(27,28)29)34-21(33)32-20/h7,10-12,19H,4-6,8-9,13,35H2,1-3H3,(H,30,32,33)/t19-/m1/s1. The maximum absolute atomic E-state index is 15.0. The van der Waals surface area contributed by atoms with Crippen molar-refractivity contribution in [2.24, 2.45) is 0 Å². The van der Waals surface area contributed by atoms with Crippen molar-refractivity contribution in [3.05, 3.63) is 41.2 Å². The number of pyridine rings is 2. The number of carbonyl (C=O) groups is 1. The first-order valence-electron chi connectivity index (χ1n) is 11.6. The van der Waals surface area contributed by atoms with Gasteiger partial charge < -0.3 is 4.74 Å². The number of anilines is 1. The lowest BCUT2D eigenvalue weighted by molar-refractivity contribution is -0.206. The Kier molecular flexibility index (Phi) is 8.04. The lowest BCUT2D eigenvalue weighted by atomic mass is 9.77. The van der Waals surface area contributed by atoms with Gasteiger partial charge in [0, 0.05) is 34.9 Å². The zero-order valence-electron chi connectivity index (χ0n) is 19.8. The van der Waals surface area contributed by atoms with Crippen molar-refractivity contribution in [2.45, 2.75) is 76.5 Å². The minimum absolute atomic E-state index is 0.0479. The Morgan fingerprint density at radius 1 is 1.09 bits per heavy atom. The van der Waals surface area contributed by atoms with Gasteiger partial charge in [0.25, 0.3) is 5.92 Å². The molecule has 1 unspecified atom stereocenters. The molecule has 0 aliphatic carbocycles. The minimum atomic E-state index is -4.94. The Bertz CT molecular complexity index is 1070. The molecular formula is C24H29F5N3O2P. The summed E-state index contributed by atoms with van der Waals surface area (Å²) in [5.41, 5.74) is -1.02. The van der Waals surface area contributed by atoms with E-state index in [1.54, 1.807) is 0 Å². The number of carbonyl (C=O) groups excluding carboxylic acids is 1. The Morgan fingerprint density at radius 2 is 1.74 bits per heavy atom. The Balaban J connectivity index is 2.34. The quantitative estimate of drug-likeness (QED) is 0.276. The van der Waals surface area contributed by atoms with Gasteiger partial charge in [-0.1, -0.05) is 33.6 Å². The van der Waals surface area contributed by atoms with Crippen LogP contribution < -0.4 is 5.32 Å². The fourth-order valence-electron chi connectivity index (χ4n) is 4.59. The second-order valence-corrected chi connectivity index (χ2v) is 9.15. The van der Waals surface area contributed by atoms with Crippen molar-refractivity contribution in [2.75, 3.05) is 11.5 Å². The van der Waals surface area contributed by atoms with Gasteiger partial charge in [0.15, 0.2) is 0 Å². The van der Waals surface area contributed by atoms with Gasteiger partial charge in [-0.25, -0.2) is 18.6 Å². The van der Waals surface area contributed by atoms with Crippen LogP contribution in [0.25, 0.3) is 11.3 Å². The fourth-order valence-corrected chi connectivity index (χ4v) is 5.20. The topological polar surface area (TPSA) is 64.1 Å². The zero-order valence-corrected chi connectivity index (χ0v) is 21.0. The Hall–Kier alpha value is -2.35. The second kappa shape index (κ2) is 10.3. The predicted octanol–water partition coefficient (Wildman–Crippen LogP) is 7.52. The molecule has 192 valence electrons. The molecule has 0 bridgehead atoms. The van der Waals surface area contributed by atoms with E-state index in [9.17, 15) is 26.7 Å². The number of rotatable bonds is 9. The summed E-state index contributed by atoms with van der Waals surface area (Å²) in [6, 6.07) is 3.79. The Morgan fingerprint density at radius 3 is 2.29 bits per heavy atom. The van der Waals surface area contributed by atoms with E-state index in [1.807, 2.05) is 13.8 Å². The SMILES string of the molecule is CCCC(CP)(CCC)c1cc(C(F)(F)CC)cc(-c2ccnc3c2[C@H](C(F)(F)F)OC(=O)N3)n1. The van der Waals surface area contributed by atoms with Crippen molar-refractivity contribution in [3.8, 4) is 11.3 Å². The van der Waals surface area contributed by atoms with Gasteiger partial charge in [-0.2, -0.15) is 13.2 Å². The molecule has 0 radical (unpaired) electrons. The van der Waals surface area contributed by atoms with Crippen LogP contribution in [0.3, 0.4) is 0 Å². The molecule has 2 aromatic heterocycles. The number of ether oxygens (including phenoxy) is 1. The van der Waals surface area contributed by atoms with E-state index in [0.717, 1.165) is 18.9 Å². The number of cyclic esters (lactones) is 1. The van der Waals surface area contributed by atoms with Crippen LogP contribution in [0.1, 0.15) is 75.8 Å². The highest BCUT2D eigenvalue weighted by atomic mass is 31.0. The van der Waals surface area contributed by atoms with Crippen LogP contribution in [0.2, 0.25) is 0 Å². The summed E-state index contributed by atoms with van der Waals surface area (Å²) < 4.78 is 76.1. The highest BCUT2D eigenvalue weighted by Crippen LogP contribution is 2.47. The molecule has 1 amide bonds. The van der Waals surface area contributed by atoms with E-state index >= 15 is 0 Å². The molecule has 3 heterocycles. The van der Waals surface area contributed by atoms with Crippen molar-refractivity contribution in [1.29, 1.82) is 0 Å². The van der Waals surface area contributed by atoms with Gasteiger partial charge in [0.2, 0.25) is 6.10 Å². The molecule has 5 nitrogen and oxygen atoms in total. The monoisotopic (exact) mass is 517 g/mol. The smallest absolute Gasteiger partial charge is 0.430 e. The maximum Gasteiger partial charge on any atom is 0.430 e. The largest absolute Gasteiger partial charge is 0.431 e. The van der Waals surface area contributed by atoms with Gasteiger partial charge >= 0.3 is 12.3 Å². The first kappa shape index (κ1) is 27.2. The number of hydrogen-bond donors (Lipinski definition) is 1. The van der Waals surface area contributed by atoms with E-state index in [0.29, 0.717) is 24.7 Å². The molecule has 0 spiro atoms. The summed E-state index contributed by atoms with van der Waals surface area (Å²) in [7, 11) is 2.66. The summed E-state index contributed by atoms with van der Waals surface area (Å²) >= 11 is 0. The van der Waals surface area contributed by atoms with Gasteiger partial charge in [-0.05, 0) is 37.2 Å². The average Bonchev–Trinajstić information content (AvgIpc) is 2.81. The van der Waals surface area contributed by atoms with E-state index in [2.05, 4.69) is 29.3 Å². The lowest BCUT2D eigenvalue weighted by Gasteiger charge is -2.34. The highest BCUT2D eigenvalue weighted by Gasteiger charge is 2.49. The van der Waals surface area contributed by atoms with Gasteiger partial charge in [0.1, 0.15) is 5.82 Å². The van der Waals surface area contributed by atoms with Crippen molar-refractivity contribution >= 4 is 21.2 Å². The van der Waals surface area contributed by atoms with Gasteiger partial charge in [-0.3, -0.25) is 10.3 Å². The molecule has 2 aromatic rings. The maximum atomic E-state index is 15.0. The summed E-state index contributed by atoms with van der Waals surface area (Å²) in [6.07, 6.45) is -4.64. The zero-order chi connectivity index (χ0) is 26.0. The predicted molar refractivity (Wildman–Crippen MR) is 127 cm³/mol. The Labute approximate surface area is 203 Å². The van der Waals surface area contributed by atoms with E-state index < -0.39 is 41.7 Å². The van der Waals surface area contributed by atoms with Crippen LogP contribution in [-0.2, 0) is 16.1 Å². The average molecular weight is 517 g/mol. The molecule has 0 saturated carbocycles. The van der Waals surface area contributed by atoms with Crippen molar-refractivity contribution in [3.63, 3.8) is 0 Å². The van der Waals surface area contributed by atoms with Gasteiger partial charge in [0.05, 0.1) is 11.3 Å². The number of aromatic nitrogens is 2. The summed E-state index contributed by atoms with van der Waals surface area (Å²) in [5, 5.41) is 2.17. The number of fused-ring (bicyclic) bond motifs is 1. The molecular weight excluding hydrogens is 488 g/mol. The van der Waals surface area contributed by atoms with Crippen LogP contribution in [0.5, 0.6) is 0 Å². The van der Waals surface area contributed by atoms with Crippen LogP contribution in [0.15, 0.2) is 24.4 Å². The molecule has 0 fully saturated rings. The third-order valence-electron chi connectivity index (χ3n) is 6.35. The molecule has 35 heavy (non-hydrogen) atoms. The first-order chi connectivity index (χ1) is 16.4. The lowest BCUT2D eigenvalue weighted by Crippen LogP contribution is -2.34. The summed E-state index contributed by atoms with van der Waals surface area (Å²) in [6.45, 7) is 5.32. The molecule has 1 aliphatic rings. The molecule has 1 aliphatic heterocycles. The van der Waals surface area contributed by atoms with Crippen LogP contribution >= 0.6 is 9.24 Å². The van der Waals surface area contributed by atoms with E-state index in [4.69, 9.17) is 0 Å². The summed E-state index contributed by atoms with van der Waals surface area (Å²) in [4.78, 5) is 20.3. The third kappa shape index (κ3) is 5.42. The van der Waals surface area contributed by atoms with Crippen LogP contribution in [0, 0.1) is 0 Å². The molecule has 11 heteroatoms. The van der Waals surface area contributed by atoms with Crippen molar-refractivity contribution < 1.29 is 31.5 Å². The number of halogens is 5. The third-order valence-corrected chi connectivity index (χ3v) is 7.14. The molecule has 0 saturated heterocycles. The van der Waals surface area contributed by atoms with Crippen LogP contribution in [-0.4, -0.2) is 28.4 Å². The fraction of sp³-hybridized carbons (Fsp3) is 0.542. The molecule has 2 atom stereocenters. The van der Waals surface area contributed by atoms with Crippen molar-refractivity contribution in [1.82, 2.24) is 9.97 Å². The number of nitrogens with zero attached hydrogens (tertiary/aromatic N) is 2.